The number of carbonyl (C=O) groups is 1. The van der Waals surface area contributed by atoms with Gasteiger partial charge in [0, 0.05) is 35.4 Å². The monoisotopic (exact) mass is 391 g/mol. The number of hydrogen-bond donors (Lipinski definition) is 2. The van der Waals surface area contributed by atoms with Crippen molar-refractivity contribution in [3.63, 3.8) is 0 Å². The Morgan fingerprint density at radius 1 is 0.929 bits per heavy atom. The van der Waals surface area contributed by atoms with Gasteiger partial charge in [-0.1, -0.05) is 36.4 Å². The summed E-state index contributed by atoms with van der Waals surface area (Å²) in [5, 5.41) is 2.06. The Kier molecular flexibility index (Phi) is 5.63. The molecule has 4 aromatic rings. The van der Waals surface area contributed by atoms with E-state index in [-0.39, 0.29) is 18.2 Å². The maximum atomic E-state index is 12.8. The second kappa shape index (κ2) is 7.97. The number of ketones is 1. The molecule has 28 heavy (non-hydrogen) atoms. The van der Waals surface area contributed by atoms with Gasteiger partial charge in [-0.05, 0) is 30.3 Å². The van der Waals surface area contributed by atoms with E-state index in [1.807, 2.05) is 55.6 Å². The highest BCUT2D eigenvalue weighted by Gasteiger charge is 2.23. The second-order valence-electron chi connectivity index (χ2n) is 6.73. The fourth-order valence-corrected chi connectivity index (χ4v) is 3.77. The number of aryl methyl sites for hydroxylation is 1. The van der Waals surface area contributed by atoms with Crippen molar-refractivity contribution >= 4 is 33.3 Å². The molecular weight excluding hydrogens is 370 g/mol. The third-order valence-corrected chi connectivity index (χ3v) is 5.06. The minimum atomic E-state index is 0. The van der Waals surface area contributed by atoms with Gasteiger partial charge in [0.1, 0.15) is 7.05 Å². The topological polar surface area (TPSA) is 73.0 Å². The fourth-order valence-electron chi connectivity index (χ4n) is 3.77. The van der Waals surface area contributed by atoms with Crippen LogP contribution in [0, 0.1) is 0 Å². The van der Waals surface area contributed by atoms with Crippen LogP contribution in [-0.2, 0) is 7.05 Å². The molecule has 0 aliphatic rings. The number of nitrogens with zero attached hydrogens (tertiary/aromatic N) is 1. The Hall–Kier alpha value is -2.95. The van der Waals surface area contributed by atoms with Crippen LogP contribution in [-0.4, -0.2) is 12.3 Å². The number of Topliss-reactive ketones (excluding diaryl/α,β-unsaturated/α-hetero) is 1. The molecule has 0 fully saturated rings. The van der Waals surface area contributed by atoms with Crippen molar-refractivity contribution in [3.05, 3.63) is 72.3 Å². The number of hydrogen-bond acceptors (Lipinski definition) is 3. The Bertz CT molecular complexity index is 1170. The summed E-state index contributed by atoms with van der Waals surface area (Å²) < 4.78 is 2.14. The highest BCUT2D eigenvalue weighted by Crippen LogP contribution is 2.36. The standard InChI is InChI=1S/C23H21N3O.ClH/c1-26-19-7-3-2-5-17(19)22(15-9-11-16(25)12-10-15)23-18(21(27)13-14-24)6-4-8-20(23)26;/h2-12,25H,13-14,24H2,1H3;1H. The number of carbonyl (C=O) groups excluding carboxylic acids is 1. The minimum absolute atomic E-state index is 0. The summed E-state index contributed by atoms with van der Waals surface area (Å²) in [5.41, 5.74) is 17.2. The van der Waals surface area contributed by atoms with Crippen molar-refractivity contribution in [2.75, 3.05) is 12.3 Å². The minimum Gasteiger partial charge on any atom is -1.00 e. The van der Waals surface area contributed by atoms with Gasteiger partial charge in [-0.25, -0.2) is 0 Å². The van der Waals surface area contributed by atoms with Crippen LogP contribution in [0.15, 0.2) is 66.7 Å². The number of anilines is 1. The first-order chi connectivity index (χ1) is 13.1. The third kappa shape index (κ3) is 3.21. The van der Waals surface area contributed by atoms with Crippen LogP contribution in [0.4, 0.5) is 5.69 Å². The summed E-state index contributed by atoms with van der Waals surface area (Å²) in [6.07, 6.45) is 0.330. The number of aromatic nitrogens is 1. The van der Waals surface area contributed by atoms with Crippen LogP contribution in [0.2, 0.25) is 0 Å². The van der Waals surface area contributed by atoms with Crippen LogP contribution < -0.4 is 28.4 Å². The van der Waals surface area contributed by atoms with Crippen LogP contribution in [0.5, 0.6) is 0 Å². The molecule has 0 saturated carbocycles. The molecule has 4 nitrogen and oxygen atoms in total. The molecule has 142 valence electrons. The normalized spacial score (nSPS) is 10.8. The Labute approximate surface area is 170 Å². The quantitative estimate of drug-likeness (QED) is 0.231. The van der Waals surface area contributed by atoms with Crippen molar-refractivity contribution in [1.29, 1.82) is 0 Å². The van der Waals surface area contributed by atoms with Crippen molar-refractivity contribution in [2.24, 2.45) is 12.8 Å². The number of fused-ring (bicyclic) bond motifs is 2. The molecular formula is C23H22ClN3O. The van der Waals surface area contributed by atoms with E-state index in [4.69, 9.17) is 11.5 Å². The summed E-state index contributed by atoms with van der Waals surface area (Å²) in [6.45, 7) is 0.339. The molecule has 0 unspecified atom stereocenters. The van der Waals surface area contributed by atoms with E-state index in [0.29, 0.717) is 24.2 Å². The Morgan fingerprint density at radius 2 is 1.61 bits per heavy atom. The zero-order valence-electron chi connectivity index (χ0n) is 15.7. The van der Waals surface area contributed by atoms with Gasteiger partial charge in [0.05, 0.1) is 10.8 Å². The number of pyridine rings is 1. The van der Waals surface area contributed by atoms with E-state index in [1.165, 1.54) is 0 Å². The van der Waals surface area contributed by atoms with E-state index in [0.717, 1.165) is 32.9 Å². The molecule has 1 aromatic heterocycles. The molecule has 4 N–H and O–H groups in total. The van der Waals surface area contributed by atoms with Gasteiger partial charge in [0.2, 0.25) is 11.0 Å². The molecule has 0 bridgehead atoms. The first-order valence-corrected chi connectivity index (χ1v) is 9.04. The lowest BCUT2D eigenvalue weighted by Gasteiger charge is -2.13. The van der Waals surface area contributed by atoms with E-state index >= 15 is 0 Å². The van der Waals surface area contributed by atoms with Gasteiger partial charge >= 0.3 is 0 Å². The maximum Gasteiger partial charge on any atom is 0.214 e. The maximum absolute atomic E-state index is 12.8. The van der Waals surface area contributed by atoms with Crippen LogP contribution in [0.25, 0.3) is 32.9 Å². The summed E-state index contributed by atoms with van der Waals surface area (Å²) in [4.78, 5) is 12.8. The highest BCUT2D eigenvalue weighted by atomic mass is 35.5. The Balaban J connectivity index is 0.00000225. The highest BCUT2D eigenvalue weighted by molar-refractivity contribution is 6.16. The van der Waals surface area contributed by atoms with E-state index < -0.39 is 0 Å². The largest absolute Gasteiger partial charge is 1.00 e. The number of rotatable bonds is 4. The van der Waals surface area contributed by atoms with Crippen molar-refractivity contribution in [3.8, 4) is 11.1 Å². The SMILES string of the molecule is C[n+]1c2ccccc2c(-c2ccc(N)cc2)c2c(C(=O)CCN)cccc21.[Cl-]. The first-order valence-electron chi connectivity index (χ1n) is 9.04. The van der Waals surface area contributed by atoms with Crippen molar-refractivity contribution in [2.45, 2.75) is 6.42 Å². The van der Waals surface area contributed by atoms with Crippen molar-refractivity contribution < 1.29 is 21.8 Å². The predicted molar refractivity (Wildman–Crippen MR) is 110 cm³/mol. The first kappa shape index (κ1) is 19.8. The molecule has 1 heterocycles. The zero-order chi connectivity index (χ0) is 19.0. The van der Waals surface area contributed by atoms with Gasteiger partial charge in [0.15, 0.2) is 5.78 Å². The lowest BCUT2D eigenvalue weighted by Crippen LogP contribution is -3.00. The van der Waals surface area contributed by atoms with Crippen LogP contribution in [0.3, 0.4) is 0 Å². The van der Waals surface area contributed by atoms with Gasteiger partial charge in [-0.2, -0.15) is 4.57 Å². The van der Waals surface area contributed by atoms with E-state index in [1.54, 1.807) is 0 Å². The molecule has 0 radical (unpaired) electrons. The van der Waals surface area contributed by atoms with Crippen LogP contribution >= 0.6 is 0 Å². The average molecular weight is 392 g/mol. The van der Waals surface area contributed by atoms with Gasteiger partial charge in [-0.15, -0.1) is 0 Å². The molecule has 0 spiro atoms. The van der Waals surface area contributed by atoms with E-state index in [2.05, 4.69) is 22.8 Å². The molecule has 0 amide bonds. The number of benzene rings is 3. The molecule has 4 rings (SSSR count). The van der Waals surface area contributed by atoms with Gasteiger partial charge in [-0.3, -0.25) is 4.79 Å². The summed E-state index contributed by atoms with van der Waals surface area (Å²) in [7, 11) is 2.04. The third-order valence-electron chi connectivity index (χ3n) is 5.06. The van der Waals surface area contributed by atoms with Crippen LogP contribution in [0.1, 0.15) is 16.8 Å². The van der Waals surface area contributed by atoms with E-state index in [9.17, 15) is 4.79 Å². The van der Waals surface area contributed by atoms with Gasteiger partial charge in [0.25, 0.3) is 0 Å². The molecule has 0 atom stereocenters. The fraction of sp³-hybridized carbons (Fsp3) is 0.130. The number of halogens is 1. The number of nitrogen functional groups attached to an aromatic ring is 1. The predicted octanol–water partition coefficient (Wildman–Crippen LogP) is 0.602. The van der Waals surface area contributed by atoms with Crippen molar-refractivity contribution in [1.82, 2.24) is 0 Å². The zero-order valence-corrected chi connectivity index (χ0v) is 16.4. The number of nitrogens with two attached hydrogens (primary N) is 2. The lowest BCUT2D eigenvalue weighted by molar-refractivity contribution is -0.617. The molecule has 3 aromatic carbocycles. The second-order valence-corrected chi connectivity index (χ2v) is 6.73. The summed E-state index contributed by atoms with van der Waals surface area (Å²) in [6, 6.07) is 22.0. The Morgan fingerprint density at radius 3 is 2.32 bits per heavy atom. The molecule has 0 saturated heterocycles. The average Bonchev–Trinajstić information content (AvgIpc) is 2.69. The molecule has 0 aliphatic heterocycles. The summed E-state index contributed by atoms with van der Waals surface area (Å²) >= 11 is 0. The number of para-hydroxylation sites is 1. The van der Waals surface area contributed by atoms with Gasteiger partial charge < -0.3 is 23.9 Å². The lowest BCUT2D eigenvalue weighted by atomic mass is 9.91. The molecule has 5 heteroatoms. The molecule has 0 aliphatic carbocycles. The smallest absolute Gasteiger partial charge is 0.214 e. The summed E-state index contributed by atoms with van der Waals surface area (Å²) in [5.74, 6) is 0.0649.